The van der Waals surface area contributed by atoms with Crippen molar-refractivity contribution in [2.24, 2.45) is 0 Å². The van der Waals surface area contributed by atoms with Crippen molar-refractivity contribution in [2.75, 3.05) is 0 Å². The van der Waals surface area contributed by atoms with E-state index in [9.17, 15) is 4.79 Å². The molecule has 2 atom stereocenters. The predicted molar refractivity (Wildman–Crippen MR) is 94.2 cm³/mol. The van der Waals surface area contributed by atoms with Crippen LogP contribution >= 0.6 is 0 Å². The van der Waals surface area contributed by atoms with E-state index in [0.29, 0.717) is 24.5 Å². The number of carbonyl (C=O) groups is 1. The lowest BCUT2D eigenvalue weighted by molar-refractivity contribution is -0.122. The van der Waals surface area contributed by atoms with Gasteiger partial charge in [-0.1, -0.05) is 43.2 Å². The molecule has 0 aromatic heterocycles. The monoisotopic (exact) mass is 314 g/mol. The van der Waals surface area contributed by atoms with Crippen LogP contribution < -0.4 is 5.32 Å². The lowest BCUT2D eigenvalue weighted by atomic mass is 9.81. The SMILES string of the molecule is CCCC(=O)NC1C[C@H]2CCC[C@H](C1)N2Cc1ccc(C)cc1. The quantitative estimate of drug-likeness (QED) is 0.896. The molecule has 3 rings (SSSR count). The van der Waals surface area contributed by atoms with E-state index in [1.807, 2.05) is 0 Å². The summed E-state index contributed by atoms with van der Waals surface area (Å²) in [5, 5.41) is 3.27. The summed E-state index contributed by atoms with van der Waals surface area (Å²) in [7, 11) is 0. The van der Waals surface area contributed by atoms with Crippen LogP contribution in [0.5, 0.6) is 0 Å². The lowest BCUT2D eigenvalue weighted by Gasteiger charge is -2.49. The highest BCUT2D eigenvalue weighted by Crippen LogP contribution is 2.35. The molecule has 2 aliphatic heterocycles. The van der Waals surface area contributed by atoms with Gasteiger partial charge >= 0.3 is 0 Å². The number of piperidine rings is 2. The van der Waals surface area contributed by atoms with Gasteiger partial charge in [-0.3, -0.25) is 9.69 Å². The second kappa shape index (κ2) is 7.48. The molecule has 2 bridgehead atoms. The van der Waals surface area contributed by atoms with Crippen molar-refractivity contribution in [1.29, 1.82) is 0 Å². The third kappa shape index (κ3) is 4.14. The van der Waals surface area contributed by atoms with Crippen LogP contribution in [0.4, 0.5) is 0 Å². The highest BCUT2D eigenvalue weighted by atomic mass is 16.1. The second-order valence-corrected chi connectivity index (χ2v) is 7.38. The first kappa shape index (κ1) is 16.5. The van der Waals surface area contributed by atoms with Crippen LogP contribution in [0.25, 0.3) is 0 Å². The van der Waals surface area contributed by atoms with E-state index >= 15 is 0 Å². The number of nitrogens with one attached hydrogen (secondary N) is 1. The predicted octanol–water partition coefficient (Wildman–Crippen LogP) is 3.80. The number of rotatable bonds is 5. The molecule has 2 fully saturated rings. The normalized spacial score (nSPS) is 27.7. The molecule has 0 aliphatic carbocycles. The fourth-order valence-electron chi connectivity index (χ4n) is 4.29. The Labute approximate surface area is 140 Å². The van der Waals surface area contributed by atoms with E-state index < -0.39 is 0 Å². The van der Waals surface area contributed by atoms with Gasteiger partial charge in [0.15, 0.2) is 0 Å². The van der Waals surface area contributed by atoms with Crippen LogP contribution in [-0.4, -0.2) is 28.9 Å². The van der Waals surface area contributed by atoms with E-state index in [1.54, 1.807) is 0 Å². The number of nitrogens with zero attached hydrogens (tertiary/aromatic N) is 1. The first-order valence-corrected chi connectivity index (χ1v) is 9.26. The highest BCUT2D eigenvalue weighted by Gasteiger charge is 2.38. The molecule has 23 heavy (non-hydrogen) atoms. The number of aryl methyl sites for hydroxylation is 1. The minimum atomic E-state index is 0.238. The third-order valence-electron chi connectivity index (χ3n) is 5.45. The van der Waals surface area contributed by atoms with E-state index in [4.69, 9.17) is 0 Å². The first-order valence-electron chi connectivity index (χ1n) is 9.26. The van der Waals surface area contributed by atoms with Gasteiger partial charge in [0, 0.05) is 31.1 Å². The molecule has 0 spiro atoms. The number of carbonyl (C=O) groups excluding carboxylic acids is 1. The Morgan fingerprint density at radius 1 is 1.17 bits per heavy atom. The molecule has 2 saturated heterocycles. The van der Waals surface area contributed by atoms with Crippen molar-refractivity contribution in [2.45, 2.75) is 83.5 Å². The average molecular weight is 314 g/mol. The molecule has 0 saturated carbocycles. The lowest BCUT2D eigenvalue weighted by Crippen LogP contribution is -2.56. The zero-order chi connectivity index (χ0) is 16.2. The Kier molecular flexibility index (Phi) is 5.37. The van der Waals surface area contributed by atoms with Gasteiger partial charge in [0.05, 0.1) is 0 Å². The number of hydrogen-bond donors (Lipinski definition) is 1. The molecule has 126 valence electrons. The summed E-state index contributed by atoms with van der Waals surface area (Å²) >= 11 is 0. The first-order chi connectivity index (χ1) is 11.2. The van der Waals surface area contributed by atoms with Crippen molar-refractivity contribution >= 4 is 5.91 Å². The smallest absolute Gasteiger partial charge is 0.220 e. The molecule has 0 unspecified atom stereocenters. The molecular formula is C20H30N2O. The van der Waals surface area contributed by atoms with Gasteiger partial charge in [-0.15, -0.1) is 0 Å². The van der Waals surface area contributed by atoms with E-state index in [2.05, 4.69) is 48.3 Å². The van der Waals surface area contributed by atoms with E-state index in [1.165, 1.54) is 30.4 Å². The Balaban J connectivity index is 1.62. The minimum absolute atomic E-state index is 0.238. The molecule has 3 nitrogen and oxygen atoms in total. The molecule has 2 aliphatic rings. The minimum Gasteiger partial charge on any atom is -0.353 e. The van der Waals surface area contributed by atoms with Crippen molar-refractivity contribution in [3.05, 3.63) is 35.4 Å². The van der Waals surface area contributed by atoms with Gasteiger partial charge in [-0.2, -0.15) is 0 Å². The summed E-state index contributed by atoms with van der Waals surface area (Å²) in [5.41, 5.74) is 2.74. The topological polar surface area (TPSA) is 32.3 Å². The van der Waals surface area contributed by atoms with Crippen LogP contribution in [0.3, 0.4) is 0 Å². The Hall–Kier alpha value is -1.35. The summed E-state index contributed by atoms with van der Waals surface area (Å²) in [6.45, 7) is 5.27. The van der Waals surface area contributed by atoms with Crippen molar-refractivity contribution in [3.63, 3.8) is 0 Å². The number of amides is 1. The van der Waals surface area contributed by atoms with Crippen LogP contribution in [0.1, 0.15) is 63.0 Å². The van der Waals surface area contributed by atoms with Crippen LogP contribution in [0.15, 0.2) is 24.3 Å². The summed E-state index contributed by atoms with van der Waals surface area (Å²) in [6.07, 6.45) is 7.75. The molecule has 0 radical (unpaired) electrons. The molecule has 3 heteroatoms. The molecule has 2 heterocycles. The Morgan fingerprint density at radius 3 is 2.43 bits per heavy atom. The van der Waals surface area contributed by atoms with E-state index in [0.717, 1.165) is 25.8 Å². The van der Waals surface area contributed by atoms with Crippen molar-refractivity contribution < 1.29 is 4.79 Å². The fourth-order valence-corrected chi connectivity index (χ4v) is 4.29. The largest absolute Gasteiger partial charge is 0.353 e. The number of hydrogen-bond acceptors (Lipinski definition) is 2. The van der Waals surface area contributed by atoms with Crippen LogP contribution in [0.2, 0.25) is 0 Å². The maximum atomic E-state index is 11.9. The summed E-state index contributed by atoms with van der Waals surface area (Å²) in [6, 6.07) is 10.6. The molecule has 1 aromatic carbocycles. The standard InChI is InChI=1S/C20H30N2O/c1-3-5-20(23)21-17-12-18-6-4-7-19(13-17)22(18)14-16-10-8-15(2)9-11-16/h8-11,17-19H,3-7,12-14H2,1-2H3,(H,21,23)/t18-,19-/m1/s1. The maximum absolute atomic E-state index is 11.9. The molecule has 1 N–H and O–H groups in total. The van der Waals surface area contributed by atoms with E-state index in [-0.39, 0.29) is 5.91 Å². The molecular weight excluding hydrogens is 284 g/mol. The summed E-state index contributed by atoms with van der Waals surface area (Å²) < 4.78 is 0. The average Bonchev–Trinajstić information content (AvgIpc) is 2.50. The Morgan fingerprint density at radius 2 is 1.83 bits per heavy atom. The van der Waals surface area contributed by atoms with Crippen LogP contribution in [-0.2, 0) is 11.3 Å². The fraction of sp³-hybridized carbons (Fsp3) is 0.650. The zero-order valence-corrected chi connectivity index (χ0v) is 14.6. The van der Waals surface area contributed by atoms with Crippen molar-refractivity contribution in [3.8, 4) is 0 Å². The maximum Gasteiger partial charge on any atom is 0.220 e. The molecule has 1 aromatic rings. The van der Waals surface area contributed by atoms with Gasteiger partial charge in [0.2, 0.25) is 5.91 Å². The van der Waals surface area contributed by atoms with Gasteiger partial charge in [-0.25, -0.2) is 0 Å². The van der Waals surface area contributed by atoms with Gasteiger partial charge in [0.25, 0.3) is 0 Å². The van der Waals surface area contributed by atoms with Crippen molar-refractivity contribution in [1.82, 2.24) is 10.2 Å². The Bertz CT molecular complexity index is 511. The second-order valence-electron chi connectivity index (χ2n) is 7.38. The van der Waals surface area contributed by atoms with Gasteiger partial charge < -0.3 is 5.32 Å². The van der Waals surface area contributed by atoms with Crippen LogP contribution in [0, 0.1) is 6.92 Å². The molecule has 1 amide bonds. The summed E-state index contributed by atoms with van der Waals surface area (Å²) in [4.78, 5) is 14.6. The highest BCUT2D eigenvalue weighted by molar-refractivity contribution is 5.76. The number of benzene rings is 1. The number of fused-ring (bicyclic) bond motifs is 2. The summed E-state index contributed by atoms with van der Waals surface area (Å²) in [5.74, 6) is 0.238. The van der Waals surface area contributed by atoms with Gasteiger partial charge in [-0.05, 0) is 44.6 Å². The third-order valence-corrected chi connectivity index (χ3v) is 5.45. The van der Waals surface area contributed by atoms with Gasteiger partial charge in [0.1, 0.15) is 0 Å². The zero-order valence-electron chi connectivity index (χ0n) is 14.6.